The van der Waals surface area contributed by atoms with Crippen LogP contribution in [-0.2, 0) is 10.0 Å². The maximum atomic E-state index is 11.5. The first kappa shape index (κ1) is 14.0. The molecule has 0 saturated carbocycles. The molecule has 1 aromatic carbocycles. The summed E-state index contributed by atoms with van der Waals surface area (Å²) in [6.45, 7) is 2.03. The molecule has 18 heavy (non-hydrogen) atoms. The summed E-state index contributed by atoms with van der Waals surface area (Å²) in [4.78, 5) is 0. The smallest absolute Gasteiger partial charge is 0.246 e. The highest BCUT2D eigenvalue weighted by Crippen LogP contribution is 2.18. The SMILES string of the molecule is Cc1ccc(C#CCN)c(NS(=O)(=O)CC#N)c1. The monoisotopic (exact) mass is 263 g/mol. The molecular weight excluding hydrogens is 250 g/mol. The lowest BCUT2D eigenvalue weighted by Crippen LogP contribution is -2.16. The summed E-state index contributed by atoms with van der Waals surface area (Å²) >= 11 is 0. The van der Waals surface area contributed by atoms with Crippen LogP contribution < -0.4 is 10.5 Å². The molecule has 0 aliphatic rings. The Morgan fingerprint density at radius 1 is 1.44 bits per heavy atom. The number of hydrogen-bond donors (Lipinski definition) is 2. The zero-order valence-corrected chi connectivity index (χ0v) is 10.7. The van der Waals surface area contributed by atoms with Crippen molar-refractivity contribution in [2.45, 2.75) is 6.92 Å². The summed E-state index contributed by atoms with van der Waals surface area (Å²) in [5.41, 5.74) is 7.07. The summed E-state index contributed by atoms with van der Waals surface area (Å²) in [6, 6.07) is 6.79. The lowest BCUT2D eigenvalue weighted by molar-refractivity contribution is 0.604. The summed E-state index contributed by atoms with van der Waals surface area (Å²) in [5, 5.41) is 8.43. The first-order chi connectivity index (χ1) is 8.48. The Kier molecular flexibility index (Phi) is 4.73. The Morgan fingerprint density at radius 2 is 2.17 bits per heavy atom. The lowest BCUT2D eigenvalue weighted by Gasteiger charge is -2.08. The third-order valence-electron chi connectivity index (χ3n) is 2.02. The van der Waals surface area contributed by atoms with Gasteiger partial charge in [0.05, 0.1) is 18.3 Å². The molecule has 0 atom stereocenters. The molecule has 0 heterocycles. The van der Waals surface area contributed by atoms with Crippen molar-refractivity contribution in [2.24, 2.45) is 5.73 Å². The molecule has 0 fully saturated rings. The van der Waals surface area contributed by atoms with Gasteiger partial charge in [0.25, 0.3) is 0 Å². The second-order valence-corrected chi connectivity index (χ2v) is 5.30. The highest BCUT2D eigenvalue weighted by Gasteiger charge is 2.11. The molecule has 6 heteroatoms. The summed E-state index contributed by atoms with van der Waals surface area (Å²) in [6.07, 6.45) is 0. The molecule has 0 bridgehead atoms. The number of anilines is 1. The summed E-state index contributed by atoms with van der Waals surface area (Å²) < 4.78 is 25.4. The highest BCUT2D eigenvalue weighted by molar-refractivity contribution is 7.92. The molecule has 1 aromatic rings. The number of benzene rings is 1. The van der Waals surface area contributed by atoms with Crippen molar-refractivity contribution < 1.29 is 8.42 Å². The van der Waals surface area contributed by atoms with E-state index in [1.165, 1.54) is 0 Å². The second-order valence-electron chi connectivity index (χ2n) is 3.57. The van der Waals surface area contributed by atoms with E-state index in [1.807, 2.05) is 13.0 Å². The van der Waals surface area contributed by atoms with E-state index in [2.05, 4.69) is 16.6 Å². The fraction of sp³-hybridized carbons (Fsp3) is 0.250. The Hall–Kier alpha value is -2.02. The van der Waals surface area contributed by atoms with Gasteiger partial charge in [0, 0.05) is 5.56 Å². The normalized spacial score (nSPS) is 10.1. The van der Waals surface area contributed by atoms with E-state index in [9.17, 15) is 8.42 Å². The van der Waals surface area contributed by atoms with Gasteiger partial charge in [-0.05, 0) is 24.6 Å². The van der Waals surface area contributed by atoms with E-state index in [-0.39, 0.29) is 6.54 Å². The fourth-order valence-electron chi connectivity index (χ4n) is 1.29. The summed E-state index contributed by atoms with van der Waals surface area (Å²) in [5.74, 6) is 4.85. The van der Waals surface area contributed by atoms with Gasteiger partial charge in [0.1, 0.15) is 0 Å². The molecule has 0 saturated heterocycles. The Labute approximate surface area is 107 Å². The molecule has 0 aromatic heterocycles. The third kappa shape index (κ3) is 4.10. The molecule has 0 aliphatic carbocycles. The molecule has 3 N–H and O–H groups in total. The predicted molar refractivity (Wildman–Crippen MR) is 70.1 cm³/mol. The van der Waals surface area contributed by atoms with Crippen LogP contribution in [0.5, 0.6) is 0 Å². The van der Waals surface area contributed by atoms with Gasteiger partial charge in [0.2, 0.25) is 10.0 Å². The molecule has 0 aliphatic heterocycles. The highest BCUT2D eigenvalue weighted by atomic mass is 32.2. The van der Waals surface area contributed by atoms with E-state index >= 15 is 0 Å². The molecule has 0 spiro atoms. The third-order valence-corrected chi connectivity index (χ3v) is 3.06. The molecule has 0 amide bonds. The molecule has 94 valence electrons. The quantitative estimate of drug-likeness (QED) is 0.779. The minimum Gasteiger partial charge on any atom is -0.320 e. The largest absolute Gasteiger partial charge is 0.320 e. The molecule has 0 radical (unpaired) electrons. The van der Waals surface area contributed by atoms with Crippen LogP contribution in [0.4, 0.5) is 5.69 Å². The van der Waals surface area contributed by atoms with Gasteiger partial charge < -0.3 is 5.73 Å². The van der Waals surface area contributed by atoms with E-state index < -0.39 is 15.8 Å². The molecule has 1 rings (SSSR count). The van der Waals surface area contributed by atoms with Gasteiger partial charge in [-0.3, -0.25) is 4.72 Å². The van der Waals surface area contributed by atoms with Gasteiger partial charge in [0.15, 0.2) is 5.75 Å². The van der Waals surface area contributed by atoms with Crippen LogP contribution in [0.2, 0.25) is 0 Å². The Balaban J connectivity index is 3.15. The minimum absolute atomic E-state index is 0.193. The zero-order chi connectivity index (χ0) is 13.6. The van der Waals surface area contributed by atoms with E-state index in [1.54, 1.807) is 18.2 Å². The van der Waals surface area contributed by atoms with Crippen molar-refractivity contribution in [1.29, 1.82) is 5.26 Å². The topological polar surface area (TPSA) is 96.0 Å². The van der Waals surface area contributed by atoms with Crippen LogP contribution in [0.3, 0.4) is 0 Å². The number of nitrogens with one attached hydrogen (secondary N) is 1. The van der Waals surface area contributed by atoms with Crippen molar-refractivity contribution in [1.82, 2.24) is 0 Å². The van der Waals surface area contributed by atoms with Crippen LogP contribution in [-0.4, -0.2) is 20.7 Å². The van der Waals surface area contributed by atoms with Gasteiger partial charge >= 0.3 is 0 Å². The van der Waals surface area contributed by atoms with Crippen molar-refractivity contribution in [3.05, 3.63) is 29.3 Å². The van der Waals surface area contributed by atoms with E-state index in [4.69, 9.17) is 11.0 Å². The molecule has 5 nitrogen and oxygen atoms in total. The lowest BCUT2D eigenvalue weighted by atomic mass is 10.1. The molecular formula is C12H13N3O2S. The van der Waals surface area contributed by atoms with Gasteiger partial charge in [-0.15, -0.1) is 0 Å². The Bertz CT molecular complexity index is 634. The van der Waals surface area contributed by atoms with Crippen LogP contribution in [0.1, 0.15) is 11.1 Å². The predicted octanol–water partition coefficient (Wildman–Crippen LogP) is 0.571. The average molecular weight is 263 g/mol. The van der Waals surface area contributed by atoms with Crippen LogP contribution in [0, 0.1) is 30.1 Å². The second kappa shape index (κ2) is 6.06. The van der Waals surface area contributed by atoms with Gasteiger partial charge in [-0.2, -0.15) is 5.26 Å². The number of sulfonamides is 1. The zero-order valence-electron chi connectivity index (χ0n) is 9.90. The minimum atomic E-state index is -3.66. The first-order valence-electron chi connectivity index (χ1n) is 5.15. The number of aryl methyl sites for hydroxylation is 1. The fourth-order valence-corrected chi connectivity index (χ4v) is 2.03. The van der Waals surface area contributed by atoms with Crippen molar-refractivity contribution in [3.8, 4) is 17.9 Å². The molecule has 0 unspecified atom stereocenters. The van der Waals surface area contributed by atoms with Gasteiger partial charge in [-0.1, -0.05) is 17.9 Å². The maximum Gasteiger partial charge on any atom is 0.246 e. The number of nitrogens with zero attached hydrogens (tertiary/aromatic N) is 1. The van der Waals surface area contributed by atoms with E-state index in [0.717, 1.165) is 5.56 Å². The van der Waals surface area contributed by atoms with Crippen LogP contribution in [0.15, 0.2) is 18.2 Å². The maximum absolute atomic E-state index is 11.5. The number of hydrogen-bond acceptors (Lipinski definition) is 4. The van der Waals surface area contributed by atoms with Crippen molar-refractivity contribution in [2.75, 3.05) is 17.0 Å². The van der Waals surface area contributed by atoms with E-state index in [0.29, 0.717) is 11.3 Å². The first-order valence-corrected chi connectivity index (χ1v) is 6.81. The Morgan fingerprint density at radius 3 is 2.78 bits per heavy atom. The van der Waals surface area contributed by atoms with Crippen LogP contribution in [0.25, 0.3) is 0 Å². The van der Waals surface area contributed by atoms with Crippen LogP contribution >= 0.6 is 0 Å². The number of nitrogens with two attached hydrogens (primary N) is 1. The number of rotatable bonds is 3. The van der Waals surface area contributed by atoms with Gasteiger partial charge in [-0.25, -0.2) is 8.42 Å². The van der Waals surface area contributed by atoms with Crippen molar-refractivity contribution >= 4 is 15.7 Å². The summed E-state index contributed by atoms with van der Waals surface area (Å²) in [7, 11) is -3.66. The standard InChI is InChI=1S/C12H13N3O2S/c1-10-4-5-11(3-2-6-13)12(9-10)15-18(16,17)8-7-14/h4-5,9,15H,6,8,13H2,1H3. The number of nitriles is 1. The average Bonchev–Trinajstić information content (AvgIpc) is 2.27. The van der Waals surface area contributed by atoms with Crippen molar-refractivity contribution in [3.63, 3.8) is 0 Å².